The fraction of sp³-hybridized carbons (Fsp3) is 0.357. The topological polar surface area (TPSA) is 76.6 Å². The predicted molar refractivity (Wildman–Crippen MR) is 82.6 cm³/mol. The molecule has 8 heteroatoms. The first-order valence-electron chi connectivity index (χ1n) is 6.81. The van der Waals surface area contributed by atoms with E-state index in [0.29, 0.717) is 24.0 Å². The lowest BCUT2D eigenvalue weighted by atomic mass is 10.2. The number of ether oxygens (including phenoxy) is 2. The van der Waals surface area contributed by atoms with Crippen LogP contribution in [0.15, 0.2) is 24.3 Å². The Morgan fingerprint density at radius 3 is 2.86 bits per heavy atom. The van der Waals surface area contributed by atoms with Crippen LogP contribution in [-0.2, 0) is 0 Å². The lowest BCUT2D eigenvalue weighted by Crippen LogP contribution is -2.57. The molecule has 0 unspecified atom stereocenters. The Kier molecular flexibility index (Phi) is 4.10. The molecular formula is C14H16N4O3S. The van der Waals surface area contributed by atoms with Crippen LogP contribution >= 0.6 is 11.5 Å². The van der Waals surface area contributed by atoms with E-state index in [1.807, 2.05) is 24.3 Å². The van der Waals surface area contributed by atoms with Crippen LogP contribution in [0.3, 0.4) is 0 Å². The van der Waals surface area contributed by atoms with Gasteiger partial charge in [0, 0.05) is 17.6 Å². The molecule has 3 rings (SSSR count). The Morgan fingerprint density at radius 1 is 1.41 bits per heavy atom. The molecule has 2 aromatic rings. The van der Waals surface area contributed by atoms with E-state index in [4.69, 9.17) is 9.47 Å². The van der Waals surface area contributed by atoms with Crippen molar-refractivity contribution in [2.75, 3.05) is 25.5 Å². The van der Waals surface area contributed by atoms with Gasteiger partial charge in [-0.2, -0.15) is 4.37 Å². The zero-order valence-corrected chi connectivity index (χ0v) is 13.1. The summed E-state index contributed by atoms with van der Waals surface area (Å²) in [7, 11) is 1.61. The van der Waals surface area contributed by atoms with Crippen molar-refractivity contribution in [3.63, 3.8) is 0 Å². The lowest BCUT2D eigenvalue weighted by molar-refractivity contribution is 0.0491. The van der Waals surface area contributed by atoms with E-state index in [2.05, 4.69) is 14.7 Å². The normalized spacial score (nSPS) is 14.4. The number of hydrogen-bond acceptors (Lipinski definition) is 6. The molecule has 7 nitrogen and oxygen atoms in total. The highest BCUT2D eigenvalue weighted by molar-refractivity contribution is 7.09. The first-order valence-corrected chi connectivity index (χ1v) is 7.58. The number of aryl methyl sites for hydroxylation is 1. The van der Waals surface area contributed by atoms with Crippen molar-refractivity contribution in [3.05, 3.63) is 30.1 Å². The quantitative estimate of drug-likeness (QED) is 0.934. The molecule has 22 heavy (non-hydrogen) atoms. The molecule has 0 aliphatic carbocycles. The number of carbonyl (C=O) groups excluding carboxylic acids is 1. The molecule has 2 amide bonds. The largest absolute Gasteiger partial charge is 0.497 e. The molecule has 1 aromatic carbocycles. The molecule has 1 aliphatic heterocycles. The van der Waals surface area contributed by atoms with Gasteiger partial charge in [0.2, 0.25) is 5.13 Å². The Hall–Kier alpha value is -2.35. The van der Waals surface area contributed by atoms with Gasteiger partial charge in [-0.1, -0.05) is 6.07 Å². The number of methoxy groups -OCH3 is 1. The summed E-state index contributed by atoms with van der Waals surface area (Å²) in [4.78, 5) is 17.7. The van der Waals surface area contributed by atoms with Gasteiger partial charge in [0.25, 0.3) is 0 Å². The summed E-state index contributed by atoms with van der Waals surface area (Å²) in [6.07, 6.45) is -0.00554. The van der Waals surface area contributed by atoms with Crippen molar-refractivity contribution in [2.45, 2.75) is 13.0 Å². The summed E-state index contributed by atoms with van der Waals surface area (Å²) in [5, 5.41) is 3.24. The maximum atomic E-state index is 12.0. The van der Waals surface area contributed by atoms with Crippen molar-refractivity contribution >= 4 is 22.7 Å². The van der Waals surface area contributed by atoms with E-state index in [0.717, 1.165) is 11.5 Å². The number of benzene rings is 1. The zero-order valence-electron chi connectivity index (χ0n) is 12.3. The molecule has 2 heterocycles. The number of nitrogens with zero attached hydrogens (tertiary/aromatic N) is 3. The summed E-state index contributed by atoms with van der Waals surface area (Å²) < 4.78 is 15.0. The summed E-state index contributed by atoms with van der Waals surface area (Å²) in [6.45, 7) is 2.87. The van der Waals surface area contributed by atoms with Crippen LogP contribution in [0.1, 0.15) is 5.82 Å². The Bertz CT molecular complexity index is 670. The van der Waals surface area contributed by atoms with Crippen LogP contribution in [0.25, 0.3) is 0 Å². The molecule has 1 N–H and O–H groups in total. The number of nitrogens with one attached hydrogen (secondary N) is 1. The summed E-state index contributed by atoms with van der Waals surface area (Å²) >= 11 is 1.17. The molecule has 1 saturated heterocycles. The standard InChI is InChI=1S/C14H16N4O3S/c1-9-15-13(22-17-9)16-14(19)18-7-12(8-18)21-11-5-3-4-10(6-11)20-2/h3-6,12H,7-8H2,1-2H3,(H,15,16,17,19). The van der Waals surface area contributed by atoms with Crippen molar-refractivity contribution in [3.8, 4) is 11.5 Å². The SMILES string of the molecule is COc1cccc(OC2CN(C(=O)Nc3nc(C)ns3)C2)c1. The van der Waals surface area contributed by atoms with Gasteiger partial charge in [0.1, 0.15) is 23.4 Å². The second kappa shape index (κ2) is 6.18. The van der Waals surface area contributed by atoms with E-state index in [1.165, 1.54) is 11.5 Å². The van der Waals surface area contributed by atoms with Gasteiger partial charge < -0.3 is 14.4 Å². The van der Waals surface area contributed by atoms with Gasteiger partial charge in [-0.3, -0.25) is 5.32 Å². The fourth-order valence-corrected chi connectivity index (χ4v) is 2.63. The second-order valence-corrected chi connectivity index (χ2v) is 5.65. The number of urea groups is 1. The van der Waals surface area contributed by atoms with Gasteiger partial charge in [-0.15, -0.1) is 0 Å². The van der Waals surface area contributed by atoms with Crippen LogP contribution in [0.4, 0.5) is 9.93 Å². The lowest BCUT2D eigenvalue weighted by Gasteiger charge is -2.38. The molecule has 1 aromatic heterocycles. The van der Waals surface area contributed by atoms with E-state index >= 15 is 0 Å². The highest BCUT2D eigenvalue weighted by Crippen LogP contribution is 2.23. The highest BCUT2D eigenvalue weighted by Gasteiger charge is 2.32. The van der Waals surface area contributed by atoms with Crippen LogP contribution in [-0.4, -0.2) is 46.6 Å². The third kappa shape index (κ3) is 3.28. The minimum Gasteiger partial charge on any atom is -0.497 e. The molecule has 1 fully saturated rings. The van der Waals surface area contributed by atoms with Crippen LogP contribution in [0.2, 0.25) is 0 Å². The molecule has 0 atom stereocenters. The first-order chi connectivity index (χ1) is 10.6. The Labute approximate surface area is 132 Å². The molecule has 0 saturated carbocycles. The van der Waals surface area contributed by atoms with Gasteiger partial charge in [0.05, 0.1) is 20.2 Å². The Morgan fingerprint density at radius 2 is 2.18 bits per heavy atom. The van der Waals surface area contributed by atoms with Gasteiger partial charge >= 0.3 is 6.03 Å². The summed E-state index contributed by atoms with van der Waals surface area (Å²) in [6, 6.07) is 7.25. The monoisotopic (exact) mass is 320 g/mol. The number of likely N-dealkylation sites (tertiary alicyclic amines) is 1. The van der Waals surface area contributed by atoms with Crippen LogP contribution < -0.4 is 14.8 Å². The van der Waals surface area contributed by atoms with Gasteiger partial charge in [-0.05, 0) is 19.1 Å². The zero-order chi connectivity index (χ0) is 15.5. The molecule has 0 bridgehead atoms. The number of hydrogen-bond donors (Lipinski definition) is 1. The number of aromatic nitrogens is 2. The Balaban J connectivity index is 1.48. The van der Waals surface area contributed by atoms with Crippen molar-refractivity contribution < 1.29 is 14.3 Å². The third-order valence-electron chi connectivity index (χ3n) is 3.22. The average Bonchev–Trinajstić information content (AvgIpc) is 2.87. The van der Waals surface area contributed by atoms with Crippen LogP contribution in [0.5, 0.6) is 11.5 Å². The fourth-order valence-electron chi connectivity index (χ4n) is 2.06. The minimum absolute atomic E-state index is 0.00554. The smallest absolute Gasteiger partial charge is 0.323 e. The predicted octanol–water partition coefficient (Wildman–Crippen LogP) is 2.15. The highest BCUT2D eigenvalue weighted by atomic mass is 32.1. The van der Waals surface area contributed by atoms with Gasteiger partial charge in [-0.25, -0.2) is 9.78 Å². The number of carbonyl (C=O) groups is 1. The summed E-state index contributed by atoms with van der Waals surface area (Å²) in [5.41, 5.74) is 0. The summed E-state index contributed by atoms with van der Waals surface area (Å²) in [5.74, 6) is 2.14. The van der Waals surface area contributed by atoms with E-state index in [-0.39, 0.29) is 12.1 Å². The molecule has 0 radical (unpaired) electrons. The maximum Gasteiger partial charge on any atom is 0.323 e. The number of rotatable bonds is 4. The second-order valence-electron chi connectivity index (χ2n) is 4.90. The van der Waals surface area contributed by atoms with Crippen LogP contribution in [0, 0.1) is 6.92 Å². The van der Waals surface area contributed by atoms with Crippen molar-refractivity contribution in [2.24, 2.45) is 0 Å². The van der Waals surface area contributed by atoms with Gasteiger partial charge in [0.15, 0.2) is 0 Å². The number of amides is 2. The van der Waals surface area contributed by atoms with Crippen molar-refractivity contribution in [1.82, 2.24) is 14.3 Å². The maximum absolute atomic E-state index is 12.0. The number of anilines is 1. The first kappa shape index (κ1) is 14.6. The van der Waals surface area contributed by atoms with E-state index in [1.54, 1.807) is 18.9 Å². The molecule has 1 aliphatic rings. The van der Waals surface area contributed by atoms with Crippen molar-refractivity contribution in [1.29, 1.82) is 0 Å². The molecule has 0 spiro atoms. The van der Waals surface area contributed by atoms with E-state index < -0.39 is 0 Å². The minimum atomic E-state index is -0.179. The third-order valence-corrected chi connectivity index (χ3v) is 3.94. The average molecular weight is 320 g/mol. The molecular weight excluding hydrogens is 304 g/mol. The molecule has 116 valence electrons. The van der Waals surface area contributed by atoms with E-state index in [9.17, 15) is 4.79 Å².